The molecule has 0 radical (unpaired) electrons. The van der Waals surface area contributed by atoms with E-state index < -0.39 is 0 Å². The Hall–Kier alpha value is -2.23. The van der Waals surface area contributed by atoms with E-state index in [2.05, 4.69) is 60.6 Å². The molecule has 0 aromatic rings. The summed E-state index contributed by atoms with van der Waals surface area (Å²) in [5, 5.41) is 5.07. The Morgan fingerprint density at radius 3 is 1.67 bits per heavy atom. The molecule has 1 rings (SSSR count). The number of hydrogen-bond donors (Lipinski definition) is 2. The molecule has 9 heteroatoms. The zero-order chi connectivity index (χ0) is 41.3. The van der Waals surface area contributed by atoms with Gasteiger partial charge in [0.05, 0.1) is 6.61 Å². The van der Waals surface area contributed by atoms with Crippen LogP contribution in [0.5, 0.6) is 0 Å². The molecule has 0 aromatic carbocycles. The third-order valence-electron chi connectivity index (χ3n) is 10.8. The van der Waals surface area contributed by atoms with Crippen LogP contribution in [0, 0.1) is 0 Å². The third kappa shape index (κ3) is 34.4. The number of nitrogens with zero attached hydrogens (tertiary/aromatic N) is 1. The maximum atomic E-state index is 12.1. The van der Waals surface area contributed by atoms with Gasteiger partial charge in [0.15, 0.2) is 6.29 Å². The molecule has 2 N–H and O–H groups in total. The standard InChI is InChI=1S/C48H89N3O6/c1-4-7-10-13-16-25-32-41-55-45(52)36-26-19-17-21-29-38-51(40-31-28-35-44-47(53)50-48(54)49-44)39-30-22-18-20-27-37-46(56-42-33-23-14-11-8-5-2)57-43-34-24-15-12-9-6-3/h8-9,11-12,44,46H,4-7,10,13-43H2,1-3H3,(H2,49,50,53,54)/b11-8-,12-9-/t44-/m0/s1. The Balaban J connectivity index is 2.33. The average Bonchev–Trinajstić information content (AvgIpc) is 3.53. The van der Waals surface area contributed by atoms with Crippen LogP contribution in [0.25, 0.3) is 0 Å². The zero-order valence-corrected chi connectivity index (χ0v) is 37.3. The van der Waals surface area contributed by atoms with Crippen molar-refractivity contribution in [1.29, 1.82) is 0 Å². The van der Waals surface area contributed by atoms with Gasteiger partial charge < -0.3 is 24.4 Å². The predicted octanol–water partition coefficient (Wildman–Crippen LogP) is 12.3. The predicted molar refractivity (Wildman–Crippen MR) is 237 cm³/mol. The number of esters is 1. The molecule has 9 nitrogen and oxygen atoms in total. The fraction of sp³-hybridized carbons (Fsp3) is 0.854. The number of unbranched alkanes of at least 4 members (excludes halogenated alkanes) is 19. The van der Waals surface area contributed by atoms with Gasteiger partial charge in [0, 0.05) is 19.6 Å². The van der Waals surface area contributed by atoms with Crippen LogP contribution in [0.4, 0.5) is 4.79 Å². The third-order valence-corrected chi connectivity index (χ3v) is 10.8. The lowest BCUT2D eigenvalue weighted by Crippen LogP contribution is -2.30. The molecule has 1 aliphatic heterocycles. The first-order valence-electron chi connectivity index (χ1n) is 24.0. The molecule has 0 aromatic heterocycles. The highest BCUT2D eigenvalue weighted by Crippen LogP contribution is 2.15. The van der Waals surface area contributed by atoms with E-state index >= 15 is 0 Å². The number of urea groups is 1. The molecular formula is C48H89N3O6. The SMILES string of the molecule is CC/C=C\CCCCOC(CCCCCCCN(CCCCCCCC(=O)OCCCCCCCCC)CCCC[C@@H]1NC(=O)NC1=O)OCCCC/C=C\CC. The zero-order valence-electron chi connectivity index (χ0n) is 37.3. The summed E-state index contributed by atoms with van der Waals surface area (Å²) >= 11 is 0. The molecular weight excluding hydrogens is 715 g/mol. The highest BCUT2D eigenvalue weighted by Gasteiger charge is 2.28. The van der Waals surface area contributed by atoms with Crippen molar-refractivity contribution in [2.45, 2.75) is 226 Å². The summed E-state index contributed by atoms with van der Waals surface area (Å²) in [7, 11) is 0. The van der Waals surface area contributed by atoms with Crippen molar-refractivity contribution in [2.24, 2.45) is 0 Å². The van der Waals surface area contributed by atoms with Crippen molar-refractivity contribution in [1.82, 2.24) is 15.5 Å². The number of hydrogen-bond acceptors (Lipinski definition) is 7. The van der Waals surface area contributed by atoms with E-state index in [0.29, 0.717) is 19.4 Å². The minimum atomic E-state index is -0.389. The van der Waals surface area contributed by atoms with Gasteiger partial charge in [-0.2, -0.15) is 0 Å². The maximum absolute atomic E-state index is 12.1. The normalized spacial score (nSPS) is 14.5. The van der Waals surface area contributed by atoms with E-state index in [1.807, 2.05) is 0 Å². The summed E-state index contributed by atoms with van der Waals surface area (Å²) in [4.78, 5) is 38.2. The van der Waals surface area contributed by atoms with Crippen LogP contribution in [0.2, 0.25) is 0 Å². The Bertz CT molecular complexity index is 981. The molecule has 1 fully saturated rings. The molecule has 1 atom stereocenters. The molecule has 332 valence electrons. The van der Waals surface area contributed by atoms with Crippen LogP contribution < -0.4 is 10.6 Å². The fourth-order valence-corrected chi connectivity index (χ4v) is 7.25. The summed E-state index contributed by atoms with van der Waals surface area (Å²) in [6, 6.07) is -0.764. The summed E-state index contributed by atoms with van der Waals surface area (Å²) in [5.74, 6) is -0.236. The minimum Gasteiger partial charge on any atom is -0.466 e. The molecule has 0 spiro atoms. The Morgan fingerprint density at radius 2 is 1.11 bits per heavy atom. The lowest BCUT2D eigenvalue weighted by molar-refractivity contribution is -0.148. The second kappa shape index (κ2) is 40.5. The Morgan fingerprint density at radius 1 is 0.596 bits per heavy atom. The van der Waals surface area contributed by atoms with Crippen molar-refractivity contribution >= 4 is 17.9 Å². The van der Waals surface area contributed by atoms with Crippen LogP contribution in [0.3, 0.4) is 0 Å². The average molecular weight is 804 g/mol. The number of imide groups is 1. The molecule has 0 aliphatic carbocycles. The van der Waals surface area contributed by atoms with E-state index in [1.165, 1.54) is 64.2 Å². The van der Waals surface area contributed by atoms with Gasteiger partial charge in [-0.15, -0.1) is 0 Å². The molecule has 0 bridgehead atoms. The van der Waals surface area contributed by atoms with Gasteiger partial charge in [-0.3, -0.25) is 14.9 Å². The second-order valence-corrected chi connectivity index (χ2v) is 16.2. The molecule has 1 heterocycles. The first-order chi connectivity index (χ1) is 28.0. The number of rotatable bonds is 43. The van der Waals surface area contributed by atoms with Crippen molar-refractivity contribution in [3.8, 4) is 0 Å². The van der Waals surface area contributed by atoms with Crippen LogP contribution in [0.1, 0.15) is 213 Å². The molecule has 3 amide bonds. The number of nitrogens with one attached hydrogen (secondary N) is 2. The fourth-order valence-electron chi connectivity index (χ4n) is 7.25. The number of ether oxygens (including phenoxy) is 3. The number of amides is 3. The van der Waals surface area contributed by atoms with Gasteiger partial charge in [-0.25, -0.2) is 4.79 Å². The van der Waals surface area contributed by atoms with Gasteiger partial charge in [0.25, 0.3) is 5.91 Å². The number of allylic oxidation sites excluding steroid dienone is 4. The van der Waals surface area contributed by atoms with E-state index in [0.717, 1.165) is 148 Å². The van der Waals surface area contributed by atoms with Gasteiger partial charge in [0.1, 0.15) is 6.04 Å². The van der Waals surface area contributed by atoms with Crippen LogP contribution in [0.15, 0.2) is 24.3 Å². The first-order valence-corrected chi connectivity index (χ1v) is 24.0. The van der Waals surface area contributed by atoms with E-state index in [1.54, 1.807) is 0 Å². The number of carbonyl (C=O) groups excluding carboxylic acids is 3. The van der Waals surface area contributed by atoms with Crippen molar-refractivity contribution < 1.29 is 28.6 Å². The van der Waals surface area contributed by atoms with Crippen LogP contribution >= 0.6 is 0 Å². The monoisotopic (exact) mass is 804 g/mol. The van der Waals surface area contributed by atoms with Gasteiger partial charge >= 0.3 is 12.0 Å². The molecule has 57 heavy (non-hydrogen) atoms. The highest BCUT2D eigenvalue weighted by molar-refractivity contribution is 6.04. The summed E-state index contributed by atoms with van der Waals surface area (Å²) in [6.45, 7) is 11.9. The lowest BCUT2D eigenvalue weighted by atomic mass is 10.1. The molecule has 1 aliphatic rings. The highest BCUT2D eigenvalue weighted by atomic mass is 16.7. The molecule has 0 unspecified atom stereocenters. The van der Waals surface area contributed by atoms with Crippen LogP contribution in [-0.4, -0.2) is 74.6 Å². The number of carbonyl (C=O) groups is 3. The Labute approximate surface area is 350 Å². The van der Waals surface area contributed by atoms with Crippen molar-refractivity contribution in [3.63, 3.8) is 0 Å². The van der Waals surface area contributed by atoms with Gasteiger partial charge in [0.2, 0.25) is 0 Å². The molecule has 0 saturated carbocycles. The first kappa shape index (κ1) is 52.8. The maximum Gasteiger partial charge on any atom is 0.322 e. The van der Waals surface area contributed by atoms with Crippen LogP contribution in [-0.2, 0) is 23.8 Å². The van der Waals surface area contributed by atoms with Gasteiger partial charge in [-0.05, 0) is 129 Å². The summed E-state index contributed by atoms with van der Waals surface area (Å²) in [6.07, 6.45) is 42.1. The molecule has 1 saturated heterocycles. The van der Waals surface area contributed by atoms with E-state index in [9.17, 15) is 14.4 Å². The van der Waals surface area contributed by atoms with Crippen molar-refractivity contribution in [3.05, 3.63) is 24.3 Å². The lowest BCUT2D eigenvalue weighted by Gasteiger charge is -2.23. The van der Waals surface area contributed by atoms with Gasteiger partial charge in [-0.1, -0.05) is 122 Å². The van der Waals surface area contributed by atoms with E-state index in [4.69, 9.17) is 14.2 Å². The summed E-state index contributed by atoms with van der Waals surface area (Å²) in [5.41, 5.74) is 0. The topological polar surface area (TPSA) is 106 Å². The second-order valence-electron chi connectivity index (χ2n) is 16.2. The minimum absolute atomic E-state index is 0.0358. The largest absolute Gasteiger partial charge is 0.466 e. The smallest absolute Gasteiger partial charge is 0.322 e. The van der Waals surface area contributed by atoms with Crippen molar-refractivity contribution in [2.75, 3.05) is 39.5 Å². The summed E-state index contributed by atoms with van der Waals surface area (Å²) < 4.78 is 17.9. The quantitative estimate of drug-likeness (QED) is 0.0208. The van der Waals surface area contributed by atoms with E-state index in [-0.39, 0.29) is 30.2 Å². The Kier molecular flexibility index (Phi) is 37.5.